The number of anilines is 3. The standard InChI is InChI=1S/C52H34N2/c1-2-15-42(16-3-1)53(45-30-27-37-22-24-38-23-21-36-11-6-7-18-46(36)52(38)48(37)34-45)43-28-25-35(26-29-43)39-14-10-17-44(31-39)54-50-20-9-8-19-47(50)49-32-40-12-4-5-13-41(40)33-51(49)54/h1-34H. The lowest BCUT2D eigenvalue weighted by Gasteiger charge is -2.26. The fraction of sp³-hybridized carbons (Fsp3) is 0. The number of aromatic nitrogens is 1. The van der Waals surface area contributed by atoms with Crippen molar-refractivity contribution in [1.29, 1.82) is 0 Å². The van der Waals surface area contributed by atoms with Gasteiger partial charge in [-0.05, 0) is 121 Å². The summed E-state index contributed by atoms with van der Waals surface area (Å²) in [7, 11) is 0. The zero-order chi connectivity index (χ0) is 35.6. The molecule has 0 fully saturated rings. The molecular formula is C52H34N2. The molecule has 11 rings (SSSR count). The molecule has 2 nitrogen and oxygen atoms in total. The van der Waals surface area contributed by atoms with Gasteiger partial charge in [-0.3, -0.25) is 0 Å². The number of nitrogens with zero attached hydrogens (tertiary/aromatic N) is 2. The van der Waals surface area contributed by atoms with Crippen LogP contribution in [-0.4, -0.2) is 4.57 Å². The van der Waals surface area contributed by atoms with Crippen LogP contribution in [0.2, 0.25) is 0 Å². The van der Waals surface area contributed by atoms with E-state index in [1.165, 1.54) is 76.0 Å². The van der Waals surface area contributed by atoms with Gasteiger partial charge in [0.15, 0.2) is 0 Å². The second-order valence-electron chi connectivity index (χ2n) is 14.2. The average molecular weight is 687 g/mol. The highest BCUT2D eigenvalue weighted by atomic mass is 15.1. The lowest BCUT2D eigenvalue weighted by Crippen LogP contribution is -2.09. The van der Waals surface area contributed by atoms with Crippen LogP contribution in [0.15, 0.2) is 206 Å². The molecule has 0 bridgehead atoms. The van der Waals surface area contributed by atoms with E-state index in [0.717, 1.165) is 22.7 Å². The van der Waals surface area contributed by atoms with Gasteiger partial charge in [-0.1, -0.05) is 140 Å². The van der Waals surface area contributed by atoms with E-state index in [1.807, 2.05) is 0 Å². The van der Waals surface area contributed by atoms with E-state index in [1.54, 1.807) is 0 Å². The van der Waals surface area contributed by atoms with Crippen molar-refractivity contribution < 1.29 is 0 Å². The topological polar surface area (TPSA) is 8.17 Å². The number of hydrogen-bond acceptors (Lipinski definition) is 1. The third-order valence-electron chi connectivity index (χ3n) is 11.1. The fourth-order valence-electron chi connectivity index (χ4n) is 8.54. The molecule has 0 aliphatic carbocycles. The minimum absolute atomic E-state index is 1.11. The van der Waals surface area contributed by atoms with E-state index in [4.69, 9.17) is 0 Å². The molecule has 252 valence electrons. The first-order valence-corrected chi connectivity index (χ1v) is 18.6. The molecule has 0 unspecified atom stereocenters. The molecule has 2 heteroatoms. The predicted octanol–water partition coefficient (Wildman–Crippen LogP) is 14.5. The molecule has 0 atom stereocenters. The molecule has 10 aromatic carbocycles. The molecule has 0 aliphatic heterocycles. The van der Waals surface area contributed by atoms with Crippen LogP contribution in [0.4, 0.5) is 17.1 Å². The van der Waals surface area contributed by atoms with Crippen molar-refractivity contribution in [3.8, 4) is 16.8 Å². The summed E-state index contributed by atoms with van der Waals surface area (Å²) in [5.41, 5.74) is 9.30. The Balaban J connectivity index is 1.03. The van der Waals surface area contributed by atoms with Gasteiger partial charge in [0.2, 0.25) is 0 Å². The van der Waals surface area contributed by atoms with Crippen molar-refractivity contribution in [2.24, 2.45) is 0 Å². The van der Waals surface area contributed by atoms with E-state index < -0.39 is 0 Å². The normalized spacial score (nSPS) is 11.7. The van der Waals surface area contributed by atoms with E-state index in [2.05, 4.69) is 216 Å². The number of benzene rings is 10. The molecule has 0 saturated carbocycles. The van der Waals surface area contributed by atoms with Gasteiger partial charge in [0, 0.05) is 33.5 Å². The Kier molecular flexibility index (Phi) is 6.90. The molecule has 0 aliphatic rings. The Morgan fingerprint density at radius 2 is 0.907 bits per heavy atom. The molecule has 11 aromatic rings. The maximum Gasteiger partial charge on any atom is 0.0547 e. The zero-order valence-electron chi connectivity index (χ0n) is 29.5. The Morgan fingerprint density at radius 3 is 1.72 bits per heavy atom. The summed E-state index contributed by atoms with van der Waals surface area (Å²) in [6.45, 7) is 0. The molecule has 0 spiro atoms. The minimum atomic E-state index is 1.11. The maximum absolute atomic E-state index is 2.42. The SMILES string of the molecule is c1ccc(N(c2ccc(-c3cccc(-n4c5ccccc5c5cc6ccccc6cc54)c3)cc2)c2ccc3ccc4ccc5ccccc5c4c3c2)cc1. The van der Waals surface area contributed by atoms with Crippen LogP contribution < -0.4 is 4.90 Å². The largest absolute Gasteiger partial charge is 0.310 e. The highest BCUT2D eigenvalue weighted by molar-refractivity contribution is 6.21. The van der Waals surface area contributed by atoms with Gasteiger partial charge in [0.05, 0.1) is 11.0 Å². The average Bonchev–Trinajstić information content (AvgIpc) is 3.56. The summed E-state index contributed by atoms with van der Waals surface area (Å²) in [5, 5.41) is 12.6. The van der Waals surface area contributed by atoms with Crippen LogP contribution in [-0.2, 0) is 0 Å². The second-order valence-corrected chi connectivity index (χ2v) is 14.2. The molecule has 54 heavy (non-hydrogen) atoms. The van der Waals surface area contributed by atoms with Crippen LogP contribution >= 0.6 is 0 Å². The third-order valence-corrected chi connectivity index (χ3v) is 11.1. The van der Waals surface area contributed by atoms with Crippen molar-refractivity contribution >= 4 is 82.0 Å². The molecular weight excluding hydrogens is 653 g/mol. The number of fused-ring (bicyclic) bond motifs is 9. The van der Waals surface area contributed by atoms with E-state index in [0.29, 0.717) is 0 Å². The molecule has 0 amide bonds. The van der Waals surface area contributed by atoms with Gasteiger partial charge < -0.3 is 9.47 Å². The Bertz CT molecular complexity index is 3200. The first kappa shape index (κ1) is 30.5. The van der Waals surface area contributed by atoms with E-state index in [-0.39, 0.29) is 0 Å². The predicted molar refractivity (Wildman–Crippen MR) is 231 cm³/mol. The van der Waals surface area contributed by atoms with E-state index >= 15 is 0 Å². The third kappa shape index (κ3) is 4.88. The van der Waals surface area contributed by atoms with E-state index in [9.17, 15) is 0 Å². The smallest absolute Gasteiger partial charge is 0.0547 e. The minimum Gasteiger partial charge on any atom is -0.310 e. The molecule has 0 radical (unpaired) electrons. The molecule has 1 aromatic heterocycles. The Hall–Kier alpha value is -7.16. The first-order chi connectivity index (χ1) is 26.8. The molecule has 1 heterocycles. The van der Waals surface area contributed by atoms with Crippen molar-refractivity contribution in [3.63, 3.8) is 0 Å². The molecule has 0 saturated heterocycles. The van der Waals surface area contributed by atoms with Crippen molar-refractivity contribution in [2.75, 3.05) is 4.90 Å². The van der Waals surface area contributed by atoms with Crippen LogP contribution in [0.25, 0.3) is 81.7 Å². The zero-order valence-corrected chi connectivity index (χ0v) is 29.5. The number of hydrogen-bond donors (Lipinski definition) is 0. The number of rotatable bonds is 5. The maximum atomic E-state index is 2.42. The summed E-state index contributed by atoms with van der Waals surface area (Å²) in [6.07, 6.45) is 0. The quantitative estimate of drug-likeness (QED) is 0.164. The monoisotopic (exact) mass is 686 g/mol. The summed E-state index contributed by atoms with van der Waals surface area (Å²) in [6, 6.07) is 75.3. The lowest BCUT2D eigenvalue weighted by molar-refractivity contribution is 1.18. The lowest BCUT2D eigenvalue weighted by atomic mass is 9.96. The van der Waals surface area contributed by atoms with Gasteiger partial charge in [-0.25, -0.2) is 0 Å². The van der Waals surface area contributed by atoms with Crippen LogP contribution in [0.1, 0.15) is 0 Å². The van der Waals surface area contributed by atoms with Crippen LogP contribution in [0.5, 0.6) is 0 Å². The summed E-state index contributed by atoms with van der Waals surface area (Å²) >= 11 is 0. The van der Waals surface area contributed by atoms with Crippen molar-refractivity contribution in [2.45, 2.75) is 0 Å². The molecule has 0 N–H and O–H groups in total. The fourth-order valence-corrected chi connectivity index (χ4v) is 8.54. The summed E-state index contributed by atoms with van der Waals surface area (Å²) in [5.74, 6) is 0. The summed E-state index contributed by atoms with van der Waals surface area (Å²) < 4.78 is 2.42. The second kappa shape index (κ2) is 12.2. The van der Waals surface area contributed by atoms with Crippen LogP contribution in [0.3, 0.4) is 0 Å². The van der Waals surface area contributed by atoms with Crippen molar-refractivity contribution in [1.82, 2.24) is 4.57 Å². The number of para-hydroxylation sites is 2. The van der Waals surface area contributed by atoms with Gasteiger partial charge in [0.1, 0.15) is 0 Å². The first-order valence-electron chi connectivity index (χ1n) is 18.6. The van der Waals surface area contributed by atoms with Gasteiger partial charge >= 0.3 is 0 Å². The highest BCUT2D eigenvalue weighted by Gasteiger charge is 2.16. The Morgan fingerprint density at radius 1 is 0.296 bits per heavy atom. The van der Waals surface area contributed by atoms with Crippen molar-refractivity contribution in [3.05, 3.63) is 206 Å². The van der Waals surface area contributed by atoms with Gasteiger partial charge in [0.25, 0.3) is 0 Å². The van der Waals surface area contributed by atoms with Crippen LogP contribution in [0, 0.1) is 0 Å². The van der Waals surface area contributed by atoms with Gasteiger partial charge in [-0.15, -0.1) is 0 Å². The Labute approximate surface area is 313 Å². The highest BCUT2D eigenvalue weighted by Crippen LogP contribution is 2.41. The summed E-state index contributed by atoms with van der Waals surface area (Å²) in [4.78, 5) is 2.37. The van der Waals surface area contributed by atoms with Gasteiger partial charge in [-0.2, -0.15) is 0 Å².